The number of hydrogen-bond acceptors (Lipinski definition) is 5. The predicted octanol–water partition coefficient (Wildman–Crippen LogP) is 4.89. The van der Waals surface area contributed by atoms with Gasteiger partial charge in [0.2, 0.25) is 0 Å². The van der Waals surface area contributed by atoms with Crippen LogP contribution < -0.4 is 4.74 Å². The molecule has 31 heavy (non-hydrogen) atoms. The second-order valence-corrected chi connectivity index (χ2v) is 9.08. The first-order valence-electron chi connectivity index (χ1n) is 10.8. The monoisotopic (exact) mass is 436 g/mol. The fraction of sp³-hybridized carbons (Fsp3) is 0.360. The molecule has 4 rings (SSSR count). The summed E-state index contributed by atoms with van der Waals surface area (Å²) in [6, 6.07) is 17.8. The van der Waals surface area contributed by atoms with Crippen molar-refractivity contribution in [1.82, 2.24) is 9.88 Å². The van der Waals surface area contributed by atoms with Crippen LogP contribution in [0.5, 0.6) is 5.75 Å². The largest absolute Gasteiger partial charge is 0.493 e. The van der Waals surface area contributed by atoms with E-state index in [1.54, 1.807) is 17.5 Å². The average Bonchev–Trinajstić information content (AvgIpc) is 3.46. The topological polar surface area (TPSA) is 51.7 Å². The summed E-state index contributed by atoms with van der Waals surface area (Å²) in [6.07, 6.45) is 4.77. The van der Waals surface area contributed by atoms with Gasteiger partial charge in [0, 0.05) is 42.9 Å². The third-order valence-electron chi connectivity index (χ3n) is 5.34. The lowest BCUT2D eigenvalue weighted by molar-refractivity contribution is 0.0511. The van der Waals surface area contributed by atoms with Gasteiger partial charge in [0.05, 0.1) is 17.6 Å². The Bertz CT molecular complexity index is 966. The van der Waals surface area contributed by atoms with E-state index in [1.165, 1.54) is 0 Å². The highest BCUT2D eigenvalue weighted by atomic mass is 32.1. The number of carbonyl (C=O) groups excluding carboxylic acids is 1. The number of amides is 1. The molecule has 0 N–H and O–H groups in total. The van der Waals surface area contributed by atoms with Gasteiger partial charge in [-0.1, -0.05) is 18.2 Å². The number of nitrogens with zero attached hydrogens (tertiary/aromatic N) is 2. The van der Waals surface area contributed by atoms with Gasteiger partial charge in [0.15, 0.2) is 0 Å². The SMILES string of the molecule is Cc1ccc(C(=O)N(Cc2ccc(OCCc3ccccn3)cc2)C[C@H]2CCCO2)s1. The van der Waals surface area contributed by atoms with Crippen LogP contribution in [0.3, 0.4) is 0 Å². The van der Waals surface area contributed by atoms with Gasteiger partial charge in [0.1, 0.15) is 5.75 Å². The maximum absolute atomic E-state index is 13.1. The lowest BCUT2D eigenvalue weighted by atomic mass is 10.1. The Labute approximate surface area is 187 Å². The van der Waals surface area contributed by atoms with Crippen molar-refractivity contribution in [2.45, 2.75) is 38.8 Å². The number of benzene rings is 1. The summed E-state index contributed by atoms with van der Waals surface area (Å²) in [5.74, 6) is 0.898. The minimum atomic E-state index is 0.0734. The van der Waals surface area contributed by atoms with Crippen LogP contribution in [0.1, 0.15) is 38.6 Å². The molecule has 0 spiro atoms. The summed E-state index contributed by atoms with van der Waals surface area (Å²) in [5.41, 5.74) is 2.10. The second-order valence-electron chi connectivity index (χ2n) is 7.79. The highest BCUT2D eigenvalue weighted by molar-refractivity contribution is 7.13. The van der Waals surface area contributed by atoms with E-state index in [4.69, 9.17) is 9.47 Å². The number of pyridine rings is 1. The van der Waals surface area contributed by atoms with E-state index in [9.17, 15) is 4.79 Å². The molecule has 2 aromatic heterocycles. The molecule has 0 aliphatic carbocycles. The van der Waals surface area contributed by atoms with E-state index in [0.717, 1.165) is 52.6 Å². The van der Waals surface area contributed by atoms with E-state index < -0.39 is 0 Å². The summed E-state index contributed by atoms with van der Waals surface area (Å²) in [7, 11) is 0. The maximum Gasteiger partial charge on any atom is 0.264 e. The molecule has 1 amide bonds. The molecule has 1 aliphatic heterocycles. The third-order valence-corrected chi connectivity index (χ3v) is 6.32. The fourth-order valence-corrected chi connectivity index (χ4v) is 4.53. The van der Waals surface area contributed by atoms with Gasteiger partial charge in [-0.15, -0.1) is 11.3 Å². The Balaban J connectivity index is 1.37. The molecule has 1 fully saturated rings. The van der Waals surface area contributed by atoms with Gasteiger partial charge >= 0.3 is 0 Å². The highest BCUT2D eigenvalue weighted by Gasteiger charge is 2.24. The number of carbonyl (C=O) groups is 1. The zero-order chi connectivity index (χ0) is 21.5. The second kappa shape index (κ2) is 10.6. The van der Waals surface area contributed by atoms with Crippen LogP contribution >= 0.6 is 11.3 Å². The minimum Gasteiger partial charge on any atom is -0.493 e. The first-order valence-corrected chi connectivity index (χ1v) is 11.6. The molecule has 6 heteroatoms. The number of thiophene rings is 1. The summed E-state index contributed by atoms with van der Waals surface area (Å²) in [4.78, 5) is 21.3. The molecule has 0 bridgehead atoms. The van der Waals surface area contributed by atoms with Crippen molar-refractivity contribution in [3.8, 4) is 5.75 Å². The third kappa shape index (κ3) is 6.15. The van der Waals surface area contributed by atoms with Crippen molar-refractivity contribution < 1.29 is 14.3 Å². The van der Waals surface area contributed by atoms with Crippen molar-refractivity contribution >= 4 is 17.2 Å². The first-order chi connectivity index (χ1) is 15.2. The molecule has 1 aromatic carbocycles. The fourth-order valence-electron chi connectivity index (χ4n) is 3.69. The molecule has 0 radical (unpaired) electrons. The predicted molar refractivity (Wildman–Crippen MR) is 123 cm³/mol. The maximum atomic E-state index is 13.1. The van der Waals surface area contributed by atoms with Crippen molar-refractivity contribution in [2.24, 2.45) is 0 Å². The molecule has 0 saturated carbocycles. The zero-order valence-electron chi connectivity index (χ0n) is 17.8. The smallest absolute Gasteiger partial charge is 0.264 e. The number of aromatic nitrogens is 1. The van der Waals surface area contributed by atoms with Crippen LogP contribution in [-0.4, -0.2) is 41.7 Å². The Hall–Kier alpha value is -2.70. The molecule has 3 heterocycles. The van der Waals surface area contributed by atoms with Crippen LogP contribution in [0.2, 0.25) is 0 Å². The lowest BCUT2D eigenvalue weighted by Gasteiger charge is -2.25. The molecular formula is C25H28N2O3S. The van der Waals surface area contributed by atoms with Crippen molar-refractivity contribution in [3.05, 3.63) is 81.8 Å². The summed E-state index contributed by atoms with van der Waals surface area (Å²) in [6.45, 7) is 4.58. The summed E-state index contributed by atoms with van der Waals surface area (Å²) < 4.78 is 11.7. The van der Waals surface area contributed by atoms with Crippen molar-refractivity contribution in [1.29, 1.82) is 0 Å². The molecular weight excluding hydrogens is 408 g/mol. The number of ether oxygens (including phenoxy) is 2. The van der Waals surface area contributed by atoms with E-state index in [-0.39, 0.29) is 12.0 Å². The molecule has 162 valence electrons. The van der Waals surface area contributed by atoms with Crippen molar-refractivity contribution in [2.75, 3.05) is 19.8 Å². The normalized spacial score (nSPS) is 15.7. The van der Waals surface area contributed by atoms with Crippen LogP contribution in [-0.2, 0) is 17.7 Å². The van der Waals surface area contributed by atoms with Crippen LogP contribution in [0.4, 0.5) is 0 Å². The Kier molecular flexibility index (Phi) is 7.33. The van der Waals surface area contributed by atoms with Crippen molar-refractivity contribution in [3.63, 3.8) is 0 Å². The van der Waals surface area contributed by atoms with E-state index in [1.807, 2.05) is 66.4 Å². The summed E-state index contributed by atoms with van der Waals surface area (Å²) in [5, 5.41) is 0. The quantitative estimate of drug-likeness (QED) is 0.479. The Morgan fingerprint density at radius 1 is 1.19 bits per heavy atom. The molecule has 1 atom stereocenters. The van der Waals surface area contributed by atoms with Crippen LogP contribution in [0, 0.1) is 6.92 Å². The molecule has 0 unspecified atom stereocenters. The number of rotatable bonds is 9. The van der Waals surface area contributed by atoms with E-state index in [2.05, 4.69) is 4.98 Å². The minimum absolute atomic E-state index is 0.0734. The van der Waals surface area contributed by atoms with Gasteiger partial charge in [-0.05, 0) is 61.7 Å². The highest BCUT2D eigenvalue weighted by Crippen LogP contribution is 2.22. The van der Waals surface area contributed by atoms with Gasteiger partial charge in [-0.2, -0.15) is 0 Å². The first kappa shape index (κ1) is 21.5. The molecule has 3 aromatic rings. The Morgan fingerprint density at radius 3 is 2.74 bits per heavy atom. The van der Waals surface area contributed by atoms with Gasteiger partial charge in [-0.3, -0.25) is 9.78 Å². The zero-order valence-corrected chi connectivity index (χ0v) is 18.6. The molecule has 1 saturated heterocycles. The van der Waals surface area contributed by atoms with Gasteiger partial charge < -0.3 is 14.4 Å². The van der Waals surface area contributed by atoms with Crippen LogP contribution in [0.15, 0.2) is 60.8 Å². The number of hydrogen-bond donors (Lipinski definition) is 0. The van der Waals surface area contributed by atoms with Gasteiger partial charge in [0.25, 0.3) is 5.91 Å². The average molecular weight is 437 g/mol. The van der Waals surface area contributed by atoms with Crippen LogP contribution in [0.25, 0.3) is 0 Å². The standard InChI is InChI=1S/C25H28N2O3S/c1-19-7-12-24(31-19)25(28)27(18-23-6-4-15-29-23)17-20-8-10-22(11-9-20)30-16-13-21-5-2-3-14-26-21/h2-3,5,7-12,14,23H,4,6,13,15-18H2,1H3/t23-/m1/s1. The summed E-state index contributed by atoms with van der Waals surface area (Å²) >= 11 is 1.55. The molecule has 1 aliphatic rings. The number of aryl methyl sites for hydroxylation is 1. The Morgan fingerprint density at radius 2 is 2.06 bits per heavy atom. The van der Waals surface area contributed by atoms with E-state index >= 15 is 0 Å². The van der Waals surface area contributed by atoms with Gasteiger partial charge in [-0.25, -0.2) is 0 Å². The van der Waals surface area contributed by atoms with E-state index in [0.29, 0.717) is 19.7 Å². The molecule has 5 nitrogen and oxygen atoms in total. The lowest BCUT2D eigenvalue weighted by Crippen LogP contribution is -2.36.